The second-order valence-corrected chi connectivity index (χ2v) is 5.94. The number of carbonyl (C=O) groups excluding carboxylic acids is 1. The SMILES string of the molecule is Cc1cn(-c2ccc(N3CC(CNc4ccon4)OC3=O)cc2F)cn1. The number of imidazole rings is 1. The molecule has 26 heavy (non-hydrogen) atoms. The number of nitrogens with zero attached hydrogens (tertiary/aromatic N) is 4. The molecule has 0 bridgehead atoms. The molecular formula is C17H16FN5O3. The number of halogens is 1. The van der Waals surface area contributed by atoms with E-state index >= 15 is 0 Å². The number of hydrogen-bond donors (Lipinski definition) is 1. The maximum Gasteiger partial charge on any atom is 0.414 e. The standard InChI is InChI=1S/C17H16FN5O3/c1-11-8-22(10-20-11)15-3-2-12(6-14(15)18)23-9-13(26-17(23)24)7-19-16-4-5-25-21-16/h2-6,8,10,13H,7,9H2,1H3,(H,19,21). The lowest BCUT2D eigenvalue weighted by Crippen LogP contribution is -2.27. The van der Waals surface area contributed by atoms with Gasteiger partial charge in [-0.3, -0.25) is 4.90 Å². The van der Waals surface area contributed by atoms with E-state index in [1.165, 1.54) is 17.2 Å². The zero-order valence-electron chi connectivity index (χ0n) is 13.9. The van der Waals surface area contributed by atoms with Crippen molar-refractivity contribution in [3.8, 4) is 5.69 Å². The number of ether oxygens (including phenoxy) is 1. The first-order chi connectivity index (χ1) is 12.6. The maximum atomic E-state index is 14.5. The van der Waals surface area contributed by atoms with Gasteiger partial charge in [-0.2, -0.15) is 0 Å². The van der Waals surface area contributed by atoms with Crippen LogP contribution >= 0.6 is 0 Å². The molecule has 0 aliphatic carbocycles. The highest BCUT2D eigenvalue weighted by Crippen LogP contribution is 2.25. The first kappa shape index (κ1) is 16.1. The molecule has 3 aromatic rings. The number of anilines is 2. The lowest BCUT2D eigenvalue weighted by Gasteiger charge is -2.14. The lowest BCUT2D eigenvalue weighted by atomic mass is 10.2. The van der Waals surface area contributed by atoms with Gasteiger partial charge in [-0.05, 0) is 25.1 Å². The minimum Gasteiger partial charge on any atom is -0.442 e. The Hall–Kier alpha value is -3.36. The summed E-state index contributed by atoms with van der Waals surface area (Å²) < 4.78 is 26.1. The van der Waals surface area contributed by atoms with Crippen LogP contribution in [-0.2, 0) is 4.74 Å². The Morgan fingerprint density at radius 3 is 2.96 bits per heavy atom. The highest BCUT2D eigenvalue weighted by Gasteiger charge is 2.32. The summed E-state index contributed by atoms with van der Waals surface area (Å²) in [6.07, 6.45) is 3.83. The minimum atomic E-state index is -0.512. The fraction of sp³-hybridized carbons (Fsp3) is 0.235. The van der Waals surface area contributed by atoms with Crippen molar-refractivity contribution in [3.63, 3.8) is 0 Å². The van der Waals surface area contributed by atoms with E-state index in [1.54, 1.807) is 35.3 Å². The maximum absolute atomic E-state index is 14.5. The van der Waals surface area contributed by atoms with Crippen LogP contribution in [0.2, 0.25) is 0 Å². The molecule has 0 spiro atoms. The van der Waals surface area contributed by atoms with Crippen LogP contribution in [0.5, 0.6) is 0 Å². The Kier molecular flexibility index (Phi) is 4.04. The fourth-order valence-electron chi connectivity index (χ4n) is 2.79. The van der Waals surface area contributed by atoms with E-state index < -0.39 is 11.9 Å². The largest absolute Gasteiger partial charge is 0.442 e. The third-order valence-corrected chi connectivity index (χ3v) is 4.06. The van der Waals surface area contributed by atoms with Gasteiger partial charge in [0, 0.05) is 12.3 Å². The predicted molar refractivity (Wildman–Crippen MR) is 90.9 cm³/mol. The number of rotatable bonds is 5. The number of aromatic nitrogens is 3. The van der Waals surface area contributed by atoms with Crippen molar-refractivity contribution >= 4 is 17.6 Å². The van der Waals surface area contributed by atoms with E-state index in [-0.39, 0.29) is 6.10 Å². The summed E-state index contributed by atoms with van der Waals surface area (Å²) in [5.41, 5.74) is 1.60. The molecule has 1 aliphatic rings. The molecule has 1 atom stereocenters. The zero-order chi connectivity index (χ0) is 18.1. The van der Waals surface area contributed by atoms with Gasteiger partial charge < -0.3 is 19.1 Å². The minimum absolute atomic E-state index is 0.312. The second kappa shape index (κ2) is 6.51. The normalized spacial score (nSPS) is 16.8. The first-order valence-corrected chi connectivity index (χ1v) is 8.03. The molecule has 0 saturated carbocycles. The van der Waals surface area contributed by atoms with E-state index in [9.17, 15) is 9.18 Å². The van der Waals surface area contributed by atoms with Crippen molar-refractivity contribution in [2.75, 3.05) is 23.3 Å². The van der Waals surface area contributed by atoms with Gasteiger partial charge in [0.25, 0.3) is 0 Å². The summed E-state index contributed by atoms with van der Waals surface area (Å²) in [5.74, 6) is 0.113. The first-order valence-electron chi connectivity index (χ1n) is 8.03. The Morgan fingerprint density at radius 1 is 1.38 bits per heavy atom. The summed E-state index contributed by atoms with van der Waals surface area (Å²) in [4.78, 5) is 17.6. The average molecular weight is 357 g/mol. The van der Waals surface area contributed by atoms with Gasteiger partial charge in [0.1, 0.15) is 18.2 Å². The van der Waals surface area contributed by atoms with Crippen LogP contribution < -0.4 is 10.2 Å². The van der Waals surface area contributed by atoms with Gasteiger partial charge in [0.05, 0.1) is 36.5 Å². The van der Waals surface area contributed by atoms with Gasteiger partial charge in [-0.15, -0.1) is 0 Å². The molecule has 9 heteroatoms. The number of carbonyl (C=O) groups is 1. The van der Waals surface area contributed by atoms with Gasteiger partial charge in [-0.25, -0.2) is 14.2 Å². The van der Waals surface area contributed by atoms with Gasteiger partial charge in [-0.1, -0.05) is 5.16 Å². The number of hydrogen-bond acceptors (Lipinski definition) is 6. The van der Waals surface area contributed by atoms with Crippen molar-refractivity contribution < 1.29 is 18.4 Å². The van der Waals surface area contributed by atoms with Gasteiger partial charge in [0.2, 0.25) is 0 Å². The Balaban J connectivity index is 1.47. The highest BCUT2D eigenvalue weighted by molar-refractivity contribution is 5.89. The third-order valence-electron chi connectivity index (χ3n) is 4.06. The summed E-state index contributed by atoms with van der Waals surface area (Å²) >= 11 is 0. The molecule has 0 radical (unpaired) electrons. The van der Waals surface area contributed by atoms with Crippen LogP contribution in [0.25, 0.3) is 5.69 Å². The Labute approximate surface area is 148 Å². The number of benzene rings is 1. The predicted octanol–water partition coefficient (Wildman–Crippen LogP) is 2.75. The molecule has 1 amide bonds. The van der Waals surface area contributed by atoms with Crippen LogP contribution in [0.3, 0.4) is 0 Å². The molecule has 8 nitrogen and oxygen atoms in total. The number of cyclic esters (lactones) is 1. The molecule has 1 unspecified atom stereocenters. The van der Waals surface area contributed by atoms with Crippen molar-refractivity contribution in [2.45, 2.75) is 13.0 Å². The van der Waals surface area contributed by atoms with Crippen LogP contribution in [0.15, 0.2) is 47.6 Å². The fourth-order valence-corrected chi connectivity index (χ4v) is 2.79. The molecule has 1 aromatic carbocycles. The molecule has 1 saturated heterocycles. The molecular weight excluding hydrogens is 341 g/mol. The molecule has 3 heterocycles. The highest BCUT2D eigenvalue weighted by atomic mass is 19.1. The molecule has 1 fully saturated rings. The van der Waals surface area contributed by atoms with Crippen molar-refractivity contribution in [1.82, 2.24) is 14.7 Å². The summed E-state index contributed by atoms with van der Waals surface area (Å²) in [6, 6.07) is 6.28. The number of aryl methyl sites for hydroxylation is 1. The van der Waals surface area contributed by atoms with Crippen LogP contribution in [0.4, 0.5) is 20.7 Å². The van der Waals surface area contributed by atoms with Crippen LogP contribution in [0, 0.1) is 12.7 Å². The van der Waals surface area contributed by atoms with Crippen LogP contribution in [-0.4, -0.2) is 40.0 Å². The zero-order valence-corrected chi connectivity index (χ0v) is 13.9. The molecule has 2 aromatic heterocycles. The monoisotopic (exact) mass is 357 g/mol. The Bertz CT molecular complexity index is 924. The third kappa shape index (κ3) is 3.10. The topological polar surface area (TPSA) is 85.4 Å². The molecule has 134 valence electrons. The van der Waals surface area contributed by atoms with Crippen molar-refractivity contribution in [2.24, 2.45) is 0 Å². The van der Waals surface area contributed by atoms with E-state index in [0.717, 1.165) is 5.69 Å². The van der Waals surface area contributed by atoms with E-state index in [0.29, 0.717) is 30.3 Å². The van der Waals surface area contributed by atoms with Gasteiger partial charge in [0.15, 0.2) is 5.82 Å². The number of amides is 1. The average Bonchev–Trinajstić information content (AvgIpc) is 3.34. The smallest absolute Gasteiger partial charge is 0.414 e. The Morgan fingerprint density at radius 2 is 2.27 bits per heavy atom. The quantitative estimate of drug-likeness (QED) is 0.756. The van der Waals surface area contributed by atoms with Crippen molar-refractivity contribution in [1.29, 1.82) is 0 Å². The van der Waals surface area contributed by atoms with Crippen molar-refractivity contribution in [3.05, 3.63) is 54.6 Å². The van der Waals surface area contributed by atoms with E-state index in [4.69, 9.17) is 9.26 Å². The van der Waals surface area contributed by atoms with Crippen LogP contribution in [0.1, 0.15) is 5.69 Å². The van der Waals surface area contributed by atoms with E-state index in [2.05, 4.69) is 15.5 Å². The van der Waals surface area contributed by atoms with E-state index in [1.807, 2.05) is 6.92 Å². The van der Waals surface area contributed by atoms with Gasteiger partial charge >= 0.3 is 6.09 Å². The second-order valence-electron chi connectivity index (χ2n) is 5.94. The lowest BCUT2D eigenvalue weighted by molar-refractivity contribution is 0.147. The summed E-state index contributed by atoms with van der Waals surface area (Å²) in [5, 5.41) is 6.74. The molecule has 1 N–H and O–H groups in total. The molecule has 1 aliphatic heterocycles. The number of nitrogens with one attached hydrogen (secondary N) is 1. The summed E-state index contributed by atoms with van der Waals surface area (Å²) in [7, 11) is 0. The molecule has 4 rings (SSSR count). The summed E-state index contributed by atoms with van der Waals surface area (Å²) in [6.45, 7) is 2.52.